The number of hydrogen-bond acceptors (Lipinski definition) is 4. The first-order valence-corrected chi connectivity index (χ1v) is 6.22. The Morgan fingerprint density at radius 2 is 2.11 bits per heavy atom. The molecule has 1 aromatic carbocycles. The molecule has 2 rings (SSSR count). The van der Waals surface area contributed by atoms with Crippen LogP contribution in [-0.2, 0) is 20.9 Å². The third kappa shape index (κ3) is 5.52. The van der Waals surface area contributed by atoms with Gasteiger partial charge in [-0.3, -0.25) is 14.5 Å². The molecule has 1 N–H and O–H groups in total. The Morgan fingerprint density at radius 1 is 1.42 bits per heavy atom. The molecule has 5 heteroatoms. The first-order valence-electron chi connectivity index (χ1n) is 6.22. The van der Waals surface area contributed by atoms with E-state index in [0.717, 1.165) is 18.7 Å². The fourth-order valence-corrected chi connectivity index (χ4v) is 1.60. The highest BCUT2D eigenvalue weighted by molar-refractivity contribution is 5.81. The average Bonchev–Trinajstić information content (AvgIpc) is 2.44. The molecule has 1 fully saturated rings. The molecule has 5 nitrogen and oxygen atoms in total. The van der Waals surface area contributed by atoms with Crippen LogP contribution in [0, 0.1) is 0 Å². The number of hydrogen-bond donors (Lipinski definition) is 1. The summed E-state index contributed by atoms with van der Waals surface area (Å²) in [4.78, 5) is 22.6. The molecule has 0 bridgehead atoms. The van der Waals surface area contributed by atoms with Crippen LogP contribution < -0.4 is 5.32 Å². The van der Waals surface area contributed by atoms with Crippen molar-refractivity contribution in [1.82, 2.24) is 10.2 Å². The van der Waals surface area contributed by atoms with Crippen molar-refractivity contribution in [2.45, 2.75) is 19.6 Å². The van der Waals surface area contributed by atoms with Crippen LogP contribution in [0.4, 0.5) is 0 Å². The summed E-state index contributed by atoms with van der Waals surface area (Å²) in [5.41, 5.74) is 1.01. The average molecular weight is 264 g/mol. The van der Waals surface area contributed by atoms with Crippen LogP contribution in [0.3, 0.4) is 0 Å². The van der Waals surface area contributed by atoms with Gasteiger partial charge in [-0.1, -0.05) is 30.3 Å². The van der Waals surface area contributed by atoms with E-state index in [9.17, 15) is 9.59 Å². The Bertz CT molecular complexity index is 395. The Balaban J connectivity index is 0.000000191. The van der Waals surface area contributed by atoms with Gasteiger partial charge < -0.3 is 10.1 Å². The lowest BCUT2D eigenvalue weighted by Crippen LogP contribution is -2.51. The van der Waals surface area contributed by atoms with Crippen LogP contribution in [0.1, 0.15) is 12.5 Å². The van der Waals surface area contributed by atoms with Crippen molar-refractivity contribution in [3.8, 4) is 0 Å². The molecular formula is C14H20N2O3. The number of rotatable bonds is 3. The maximum Gasteiger partial charge on any atom is 0.293 e. The molecule has 104 valence electrons. The van der Waals surface area contributed by atoms with Gasteiger partial charge in [0.05, 0.1) is 6.04 Å². The molecule has 0 aromatic heterocycles. The molecule has 1 heterocycles. The summed E-state index contributed by atoms with van der Waals surface area (Å²) in [5.74, 6) is 0.142. The van der Waals surface area contributed by atoms with E-state index >= 15 is 0 Å². The van der Waals surface area contributed by atoms with Crippen molar-refractivity contribution in [1.29, 1.82) is 0 Å². The molecule has 1 aliphatic heterocycles. The molecule has 0 aliphatic carbocycles. The fourth-order valence-electron chi connectivity index (χ4n) is 1.60. The summed E-state index contributed by atoms with van der Waals surface area (Å²) in [6.07, 6.45) is 0. The monoisotopic (exact) mass is 264 g/mol. The zero-order valence-electron chi connectivity index (χ0n) is 11.3. The summed E-state index contributed by atoms with van der Waals surface area (Å²) >= 11 is 0. The van der Waals surface area contributed by atoms with E-state index in [0.29, 0.717) is 13.1 Å². The quantitative estimate of drug-likeness (QED) is 0.820. The van der Waals surface area contributed by atoms with E-state index in [1.807, 2.05) is 49.2 Å². The molecule has 1 aliphatic rings. The van der Waals surface area contributed by atoms with Crippen molar-refractivity contribution < 1.29 is 14.3 Å². The van der Waals surface area contributed by atoms with Crippen LogP contribution >= 0.6 is 0 Å². The van der Waals surface area contributed by atoms with Crippen molar-refractivity contribution in [2.75, 3.05) is 20.1 Å². The number of carbonyl (C=O) groups excluding carboxylic acids is 2. The number of ether oxygens (including phenoxy) is 1. The van der Waals surface area contributed by atoms with Gasteiger partial charge in [-0.05, 0) is 19.5 Å². The Labute approximate surface area is 113 Å². The number of nitrogens with zero attached hydrogens (tertiary/aromatic N) is 1. The van der Waals surface area contributed by atoms with Gasteiger partial charge in [-0.25, -0.2) is 0 Å². The van der Waals surface area contributed by atoms with E-state index in [2.05, 4.69) is 10.1 Å². The van der Waals surface area contributed by atoms with Gasteiger partial charge in [0.25, 0.3) is 6.47 Å². The van der Waals surface area contributed by atoms with Crippen molar-refractivity contribution in [3.05, 3.63) is 35.9 Å². The summed E-state index contributed by atoms with van der Waals surface area (Å²) in [7, 11) is 1.96. The normalized spacial score (nSPS) is 18.8. The molecular weight excluding hydrogens is 244 g/mol. The number of benzene rings is 1. The second kappa shape index (κ2) is 8.26. The lowest BCUT2D eigenvalue weighted by atomic mass is 10.2. The molecule has 0 saturated carbocycles. The van der Waals surface area contributed by atoms with E-state index in [1.54, 1.807) is 0 Å². The van der Waals surface area contributed by atoms with Gasteiger partial charge in [0.1, 0.15) is 6.61 Å². The van der Waals surface area contributed by atoms with Crippen molar-refractivity contribution in [2.24, 2.45) is 0 Å². The summed E-state index contributed by atoms with van der Waals surface area (Å²) in [6.45, 7) is 4.48. The van der Waals surface area contributed by atoms with Gasteiger partial charge in [-0.2, -0.15) is 0 Å². The standard InChI is InChI=1S/C8H8O2.C6H12N2O/c9-7-10-6-8-4-2-1-3-5-8;1-5-6(9)7-3-4-8(5)2/h1-5,7H,6H2;5H,3-4H2,1-2H3,(H,7,9). The molecule has 1 aromatic rings. The Morgan fingerprint density at radius 3 is 2.63 bits per heavy atom. The van der Waals surface area contributed by atoms with Crippen LogP contribution in [0.25, 0.3) is 0 Å². The predicted molar refractivity (Wildman–Crippen MR) is 72.4 cm³/mol. The number of amides is 1. The van der Waals surface area contributed by atoms with Crippen LogP contribution in [0.15, 0.2) is 30.3 Å². The SMILES string of the molecule is CC1C(=O)NCCN1C.O=COCc1ccccc1. The van der Waals surface area contributed by atoms with Gasteiger partial charge in [0, 0.05) is 13.1 Å². The van der Waals surface area contributed by atoms with Crippen LogP contribution in [0.2, 0.25) is 0 Å². The molecule has 0 spiro atoms. The van der Waals surface area contributed by atoms with Crippen LogP contribution in [-0.4, -0.2) is 43.5 Å². The zero-order chi connectivity index (χ0) is 14.1. The summed E-state index contributed by atoms with van der Waals surface area (Å²) in [6, 6.07) is 9.60. The highest BCUT2D eigenvalue weighted by Crippen LogP contribution is 1.99. The first-order chi connectivity index (χ1) is 9.15. The Kier molecular flexibility index (Phi) is 6.60. The first kappa shape index (κ1) is 15.2. The second-order valence-electron chi connectivity index (χ2n) is 4.34. The third-order valence-corrected chi connectivity index (χ3v) is 2.97. The fraction of sp³-hybridized carbons (Fsp3) is 0.429. The maximum absolute atomic E-state index is 10.9. The largest absolute Gasteiger partial charge is 0.463 e. The second-order valence-corrected chi connectivity index (χ2v) is 4.34. The predicted octanol–water partition coefficient (Wildman–Crippen LogP) is 0.796. The molecule has 1 atom stereocenters. The highest BCUT2D eigenvalue weighted by atomic mass is 16.5. The zero-order valence-corrected chi connectivity index (χ0v) is 11.3. The smallest absolute Gasteiger partial charge is 0.293 e. The van der Waals surface area contributed by atoms with Gasteiger partial charge >= 0.3 is 0 Å². The molecule has 19 heavy (non-hydrogen) atoms. The van der Waals surface area contributed by atoms with E-state index in [-0.39, 0.29) is 11.9 Å². The van der Waals surface area contributed by atoms with Crippen molar-refractivity contribution >= 4 is 12.4 Å². The van der Waals surface area contributed by atoms with E-state index in [1.165, 1.54) is 0 Å². The molecule has 1 amide bonds. The number of nitrogens with one attached hydrogen (secondary N) is 1. The third-order valence-electron chi connectivity index (χ3n) is 2.97. The van der Waals surface area contributed by atoms with Crippen LogP contribution in [0.5, 0.6) is 0 Å². The van der Waals surface area contributed by atoms with Gasteiger partial charge in [0.2, 0.25) is 5.91 Å². The van der Waals surface area contributed by atoms with Crippen molar-refractivity contribution in [3.63, 3.8) is 0 Å². The summed E-state index contributed by atoms with van der Waals surface area (Å²) < 4.78 is 4.54. The topological polar surface area (TPSA) is 58.6 Å². The van der Waals surface area contributed by atoms with E-state index in [4.69, 9.17) is 0 Å². The molecule has 0 radical (unpaired) electrons. The number of carbonyl (C=O) groups is 2. The maximum atomic E-state index is 10.9. The molecule has 1 saturated heterocycles. The Hall–Kier alpha value is -1.88. The van der Waals surface area contributed by atoms with Gasteiger partial charge in [0.15, 0.2) is 0 Å². The molecule has 1 unspecified atom stereocenters. The van der Waals surface area contributed by atoms with Gasteiger partial charge in [-0.15, -0.1) is 0 Å². The lowest BCUT2D eigenvalue weighted by Gasteiger charge is -2.28. The number of likely N-dealkylation sites (N-methyl/N-ethyl adjacent to an activating group) is 1. The minimum Gasteiger partial charge on any atom is -0.463 e. The minimum atomic E-state index is 0.0544. The minimum absolute atomic E-state index is 0.0544. The number of piperazine rings is 1. The highest BCUT2D eigenvalue weighted by Gasteiger charge is 2.21. The lowest BCUT2D eigenvalue weighted by molar-refractivity contribution is -0.130. The van der Waals surface area contributed by atoms with E-state index < -0.39 is 0 Å². The summed E-state index contributed by atoms with van der Waals surface area (Å²) in [5, 5.41) is 2.78.